The number of aliphatic hydroxyl groups is 1. The van der Waals surface area contributed by atoms with Gasteiger partial charge >= 0.3 is 0 Å². The third kappa shape index (κ3) is 2.28. The minimum Gasteiger partial charge on any atom is -0.375 e. The van der Waals surface area contributed by atoms with Gasteiger partial charge in [0.15, 0.2) is 5.60 Å². The van der Waals surface area contributed by atoms with Crippen LogP contribution < -0.4 is 4.90 Å². The van der Waals surface area contributed by atoms with Crippen LogP contribution in [0.4, 0.5) is 5.69 Å². The molecule has 1 amide bonds. The van der Waals surface area contributed by atoms with Crippen molar-refractivity contribution in [3.8, 4) is 0 Å². The Morgan fingerprint density at radius 1 is 1.08 bits per heavy atom. The van der Waals surface area contributed by atoms with Gasteiger partial charge in [-0.25, -0.2) is 0 Å². The summed E-state index contributed by atoms with van der Waals surface area (Å²) in [4.78, 5) is 15.0. The molecule has 2 aromatic rings. The molecule has 24 heavy (non-hydrogen) atoms. The molecule has 2 aliphatic rings. The first kappa shape index (κ1) is 15.2. The summed E-state index contributed by atoms with van der Waals surface area (Å²) in [6, 6.07) is 17.6. The van der Waals surface area contributed by atoms with Crippen LogP contribution in [0.15, 0.2) is 66.7 Å². The summed E-state index contributed by atoms with van der Waals surface area (Å²) in [5, 5.41) is 11.4. The van der Waals surface area contributed by atoms with Crippen molar-refractivity contribution >= 4 is 11.6 Å². The second kappa shape index (κ2) is 5.91. The minimum atomic E-state index is -1.44. The molecule has 4 rings (SSSR count). The summed E-state index contributed by atoms with van der Waals surface area (Å²) in [6.45, 7) is 0.482. The molecule has 0 saturated heterocycles. The van der Waals surface area contributed by atoms with Gasteiger partial charge in [0.1, 0.15) is 0 Å². The van der Waals surface area contributed by atoms with Crippen molar-refractivity contribution in [2.75, 3.05) is 4.90 Å². The number of amides is 1. The predicted octanol–water partition coefficient (Wildman–Crippen LogP) is 3.78. The number of nitrogens with zero attached hydrogens (tertiary/aromatic N) is 1. The van der Waals surface area contributed by atoms with Crippen LogP contribution in [0.25, 0.3) is 0 Å². The van der Waals surface area contributed by atoms with Crippen LogP contribution in [0.2, 0.25) is 0 Å². The summed E-state index contributed by atoms with van der Waals surface area (Å²) in [5.41, 5.74) is 1.18. The van der Waals surface area contributed by atoms with Crippen LogP contribution in [0.3, 0.4) is 0 Å². The third-order valence-corrected chi connectivity index (χ3v) is 5.15. The van der Waals surface area contributed by atoms with Gasteiger partial charge in [-0.3, -0.25) is 4.79 Å². The number of anilines is 1. The summed E-state index contributed by atoms with van der Waals surface area (Å²) in [7, 11) is 0. The number of fused-ring (bicyclic) bond motifs is 1. The molecule has 1 heterocycles. The van der Waals surface area contributed by atoms with Crippen molar-refractivity contribution in [3.05, 3.63) is 77.9 Å². The van der Waals surface area contributed by atoms with E-state index in [4.69, 9.17) is 0 Å². The lowest BCUT2D eigenvalue weighted by molar-refractivity contribution is -0.140. The van der Waals surface area contributed by atoms with Gasteiger partial charge in [-0.2, -0.15) is 0 Å². The molecule has 1 N–H and O–H groups in total. The predicted molar refractivity (Wildman–Crippen MR) is 94.5 cm³/mol. The first-order valence-electron chi connectivity index (χ1n) is 8.55. The Hall–Kier alpha value is -2.39. The third-order valence-electron chi connectivity index (χ3n) is 5.15. The number of allylic oxidation sites excluding steroid dienone is 1. The largest absolute Gasteiger partial charge is 0.375 e. The highest BCUT2D eigenvalue weighted by Gasteiger charge is 2.53. The molecular formula is C21H21NO2. The molecule has 122 valence electrons. The molecule has 0 aromatic heterocycles. The molecule has 3 heteroatoms. The van der Waals surface area contributed by atoms with E-state index in [0.717, 1.165) is 36.1 Å². The van der Waals surface area contributed by atoms with E-state index < -0.39 is 5.60 Å². The van der Waals surface area contributed by atoms with E-state index in [9.17, 15) is 9.90 Å². The van der Waals surface area contributed by atoms with Gasteiger partial charge in [-0.15, -0.1) is 0 Å². The van der Waals surface area contributed by atoms with Gasteiger partial charge in [0.25, 0.3) is 5.91 Å². The molecule has 2 aromatic carbocycles. The normalized spacial score (nSPS) is 25.8. The number of hydrogen-bond acceptors (Lipinski definition) is 2. The fraction of sp³-hybridized carbons (Fsp3) is 0.286. The fourth-order valence-corrected chi connectivity index (χ4v) is 3.90. The number of hydrogen-bond donors (Lipinski definition) is 1. The average molecular weight is 319 g/mol. The lowest BCUT2D eigenvalue weighted by Crippen LogP contribution is -2.45. The molecular weight excluding hydrogens is 298 g/mol. The topological polar surface area (TPSA) is 40.5 Å². The molecule has 0 unspecified atom stereocenters. The zero-order valence-corrected chi connectivity index (χ0v) is 13.6. The SMILES string of the molecule is O=C1N(Cc2ccccc2)c2ccccc2[C@]1(O)[C@H]1C=CCCC1. The lowest BCUT2D eigenvalue weighted by atomic mass is 9.77. The molecule has 0 bridgehead atoms. The van der Waals surface area contributed by atoms with E-state index in [1.54, 1.807) is 4.90 Å². The zero-order chi connectivity index (χ0) is 16.6. The number of rotatable bonds is 3. The maximum Gasteiger partial charge on any atom is 0.264 e. The van der Waals surface area contributed by atoms with E-state index >= 15 is 0 Å². The van der Waals surface area contributed by atoms with Crippen LogP contribution in [0.5, 0.6) is 0 Å². The standard InChI is InChI=1S/C21H21NO2/c23-20-21(24,17-11-5-2-6-12-17)18-13-7-8-14-19(18)22(20)15-16-9-3-1-4-10-16/h1,3-5,7-11,13-14,17,24H,2,6,12,15H2/t17-,21+/m0/s1. The molecule has 3 nitrogen and oxygen atoms in total. The van der Waals surface area contributed by atoms with Gasteiger partial charge in [0.05, 0.1) is 12.2 Å². The molecule has 0 radical (unpaired) electrons. The Morgan fingerprint density at radius 2 is 1.83 bits per heavy atom. The first-order chi connectivity index (χ1) is 11.7. The van der Waals surface area contributed by atoms with Gasteiger partial charge in [0, 0.05) is 11.5 Å². The van der Waals surface area contributed by atoms with Crippen molar-refractivity contribution in [1.82, 2.24) is 0 Å². The molecule has 1 aliphatic carbocycles. The highest BCUT2D eigenvalue weighted by molar-refractivity contribution is 6.07. The summed E-state index contributed by atoms with van der Waals surface area (Å²) in [6.07, 6.45) is 6.98. The molecule has 0 saturated carbocycles. The summed E-state index contributed by atoms with van der Waals surface area (Å²) in [5.74, 6) is -0.357. The number of para-hydroxylation sites is 1. The maximum atomic E-state index is 13.2. The van der Waals surface area contributed by atoms with Crippen molar-refractivity contribution in [2.24, 2.45) is 5.92 Å². The Labute approximate surface area is 142 Å². The molecule has 0 spiro atoms. The monoisotopic (exact) mass is 319 g/mol. The van der Waals surface area contributed by atoms with Crippen LogP contribution in [-0.2, 0) is 16.9 Å². The second-order valence-electron chi connectivity index (χ2n) is 6.63. The van der Waals surface area contributed by atoms with E-state index in [1.165, 1.54) is 0 Å². The summed E-state index contributed by atoms with van der Waals surface area (Å²) < 4.78 is 0. The molecule has 1 aliphatic heterocycles. The second-order valence-corrected chi connectivity index (χ2v) is 6.63. The van der Waals surface area contributed by atoms with Crippen molar-refractivity contribution in [3.63, 3.8) is 0 Å². The smallest absolute Gasteiger partial charge is 0.264 e. The Balaban J connectivity index is 1.76. The van der Waals surface area contributed by atoms with Gasteiger partial charge in [-0.1, -0.05) is 60.7 Å². The quantitative estimate of drug-likeness (QED) is 0.875. The highest BCUT2D eigenvalue weighted by atomic mass is 16.3. The van der Waals surface area contributed by atoms with Gasteiger partial charge in [-0.05, 0) is 30.9 Å². The van der Waals surface area contributed by atoms with Crippen molar-refractivity contribution in [2.45, 2.75) is 31.4 Å². The van der Waals surface area contributed by atoms with E-state index in [1.807, 2.05) is 60.7 Å². The maximum absolute atomic E-state index is 13.2. The average Bonchev–Trinajstić information content (AvgIpc) is 2.87. The molecule has 2 atom stereocenters. The van der Waals surface area contributed by atoms with Crippen molar-refractivity contribution < 1.29 is 9.90 Å². The van der Waals surface area contributed by atoms with E-state index in [2.05, 4.69) is 6.08 Å². The number of carbonyl (C=O) groups excluding carboxylic acids is 1. The minimum absolute atomic E-state index is 0.152. The molecule has 0 fully saturated rings. The number of carbonyl (C=O) groups is 1. The van der Waals surface area contributed by atoms with E-state index in [0.29, 0.717) is 6.54 Å². The van der Waals surface area contributed by atoms with Gasteiger partial charge < -0.3 is 10.0 Å². The highest BCUT2D eigenvalue weighted by Crippen LogP contribution is 2.47. The van der Waals surface area contributed by atoms with Crippen molar-refractivity contribution in [1.29, 1.82) is 0 Å². The van der Waals surface area contributed by atoms with Crippen LogP contribution in [0.1, 0.15) is 30.4 Å². The lowest BCUT2D eigenvalue weighted by Gasteiger charge is -2.31. The first-order valence-corrected chi connectivity index (χ1v) is 8.55. The zero-order valence-electron chi connectivity index (χ0n) is 13.6. The van der Waals surface area contributed by atoms with Crippen LogP contribution >= 0.6 is 0 Å². The van der Waals surface area contributed by atoms with Gasteiger partial charge in [0.2, 0.25) is 0 Å². The van der Waals surface area contributed by atoms with Crippen LogP contribution in [-0.4, -0.2) is 11.0 Å². The summed E-state index contributed by atoms with van der Waals surface area (Å²) >= 11 is 0. The Kier molecular flexibility index (Phi) is 3.73. The van der Waals surface area contributed by atoms with E-state index in [-0.39, 0.29) is 11.8 Å². The Morgan fingerprint density at radius 3 is 2.58 bits per heavy atom. The Bertz CT molecular complexity index is 783. The fourth-order valence-electron chi connectivity index (χ4n) is 3.90. The number of benzene rings is 2. The van der Waals surface area contributed by atoms with Crippen LogP contribution in [0, 0.1) is 5.92 Å².